The molecule has 0 radical (unpaired) electrons. The fourth-order valence-electron chi connectivity index (χ4n) is 1.80. The van der Waals surface area contributed by atoms with Crippen molar-refractivity contribution < 1.29 is 8.42 Å². The normalized spacial score (nSPS) is 15.6. The van der Waals surface area contributed by atoms with Crippen molar-refractivity contribution in [3.8, 4) is 0 Å². The van der Waals surface area contributed by atoms with Gasteiger partial charge in [-0.25, -0.2) is 8.42 Å². The first-order valence-corrected chi connectivity index (χ1v) is 7.87. The second-order valence-corrected chi connectivity index (χ2v) is 7.08. The maximum atomic E-state index is 11.6. The number of halogens is 2. The molecule has 0 fully saturated rings. The van der Waals surface area contributed by atoms with Gasteiger partial charge < -0.3 is 5.73 Å². The lowest BCUT2D eigenvalue weighted by Gasteiger charge is -2.22. The second-order valence-electron chi connectivity index (χ2n) is 3.97. The van der Waals surface area contributed by atoms with E-state index in [1.807, 2.05) is 0 Å². The first-order valence-electron chi connectivity index (χ1n) is 5.16. The van der Waals surface area contributed by atoms with Crippen LogP contribution in [0.2, 0.25) is 10.0 Å². The molecule has 0 saturated carbocycles. The zero-order valence-corrected chi connectivity index (χ0v) is 12.0. The number of benzene rings is 1. The minimum absolute atomic E-state index is 0.395. The molecule has 0 saturated heterocycles. The average Bonchev–Trinajstić information content (AvgIpc) is 2.15. The molecule has 17 heavy (non-hydrogen) atoms. The minimum atomic E-state index is -3.21. The molecule has 0 aromatic heterocycles. The predicted molar refractivity (Wildman–Crippen MR) is 72.3 cm³/mol. The molecular weight excluding hydrogens is 281 g/mol. The number of hydrogen-bond donors (Lipinski definition) is 1. The van der Waals surface area contributed by atoms with Crippen LogP contribution in [0.4, 0.5) is 0 Å². The SMILES string of the molecule is CCC(C(N)c1ccc(Cl)cc1Cl)S(C)(=O)=O. The molecule has 0 heterocycles. The highest BCUT2D eigenvalue weighted by Crippen LogP contribution is 2.29. The molecule has 0 spiro atoms. The van der Waals surface area contributed by atoms with Crippen LogP contribution in [0.25, 0.3) is 0 Å². The van der Waals surface area contributed by atoms with Gasteiger partial charge >= 0.3 is 0 Å². The summed E-state index contributed by atoms with van der Waals surface area (Å²) in [5.41, 5.74) is 6.59. The van der Waals surface area contributed by atoms with Gasteiger partial charge in [-0.05, 0) is 24.1 Å². The van der Waals surface area contributed by atoms with Gasteiger partial charge in [-0.3, -0.25) is 0 Å². The van der Waals surface area contributed by atoms with Gasteiger partial charge in [0.15, 0.2) is 9.84 Å². The van der Waals surface area contributed by atoms with E-state index in [-0.39, 0.29) is 0 Å². The lowest BCUT2D eigenvalue weighted by atomic mass is 10.0. The van der Waals surface area contributed by atoms with E-state index in [9.17, 15) is 8.42 Å². The molecule has 2 atom stereocenters. The predicted octanol–water partition coefficient (Wildman–Crippen LogP) is 2.82. The Bertz CT molecular complexity index is 502. The van der Waals surface area contributed by atoms with Crippen LogP contribution in [0.5, 0.6) is 0 Å². The standard InChI is InChI=1S/C11H15Cl2NO2S/c1-3-10(17(2,15)16)11(14)8-5-4-7(12)6-9(8)13/h4-6,10-11H,3,14H2,1-2H3. The van der Waals surface area contributed by atoms with E-state index in [1.54, 1.807) is 25.1 Å². The smallest absolute Gasteiger partial charge is 0.152 e. The summed E-state index contributed by atoms with van der Waals surface area (Å²) in [4.78, 5) is 0. The minimum Gasteiger partial charge on any atom is -0.323 e. The summed E-state index contributed by atoms with van der Waals surface area (Å²) < 4.78 is 23.2. The van der Waals surface area contributed by atoms with Gasteiger partial charge in [0, 0.05) is 22.3 Å². The van der Waals surface area contributed by atoms with Crippen molar-refractivity contribution in [1.82, 2.24) is 0 Å². The van der Waals surface area contributed by atoms with Crippen molar-refractivity contribution >= 4 is 33.0 Å². The number of rotatable bonds is 4. The molecule has 0 aliphatic heterocycles. The van der Waals surface area contributed by atoms with Crippen molar-refractivity contribution in [2.75, 3.05) is 6.26 Å². The third-order valence-electron chi connectivity index (χ3n) is 2.67. The van der Waals surface area contributed by atoms with E-state index in [0.29, 0.717) is 22.0 Å². The highest BCUT2D eigenvalue weighted by atomic mass is 35.5. The molecule has 2 N–H and O–H groups in total. The molecular formula is C11H15Cl2NO2S. The van der Waals surface area contributed by atoms with Crippen LogP contribution >= 0.6 is 23.2 Å². The van der Waals surface area contributed by atoms with Crippen molar-refractivity contribution in [2.45, 2.75) is 24.6 Å². The molecule has 0 aliphatic carbocycles. The van der Waals surface area contributed by atoms with Gasteiger partial charge in [0.1, 0.15) is 0 Å². The molecule has 2 unspecified atom stereocenters. The largest absolute Gasteiger partial charge is 0.323 e. The first kappa shape index (κ1) is 14.8. The highest BCUT2D eigenvalue weighted by Gasteiger charge is 2.28. The number of sulfone groups is 1. The summed E-state index contributed by atoms with van der Waals surface area (Å²) in [5, 5.41) is 0.256. The third-order valence-corrected chi connectivity index (χ3v) is 4.96. The van der Waals surface area contributed by atoms with E-state index in [2.05, 4.69) is 0 Å². The Balaban J connectivity index is 3.15. The van der Waals surface area contributed by atoms with E-state index in [0.717, 1.165) is 0 Å². The van der Waals surface area contributed by atoms with E-state index >= 15 is 0 Å². The summed E-state index contributed by atoms with van der Waals surface area (Å²) in [5.74, 6) is 0. The third kappa shape index (κ3) is 3.58. The Morgan fingerprint density at radius 2 is 1.94 bits per heavy atom. The molecule has 6 heteroatoms. The van der Waals surface area contributed by atoms with Gasteiger partial charge in [-0.15, -0.1) is 0 Å². The zero-order chi connectivity index (χ0) is 13.2. The van der Waals surface area contributed by atoms with Crippen molar-refractivity contribution in [3.63, 3.8) is 0 Å². The Kier molecular flexibility index (Phi) is 4.84. The Morgan fingerprint density at radius 3 is 2.35 bits per heavy atom. The Hall–Kier alpha value is -0.290. The van der Waals surface area contributed by atoms with Crippen LogP contribution in [-0.2, 0) is 9.84 Å². The van der Waals surface area contributed by atoms with Crippen LogP contribution in [-0.4, -0.2) is 19.9 Å². The van der Waals surface area contributed by atoms with Crippen LogP contribution in [0.3, 0.4) is 0 Å². The molecule has 0 aliphatic rings. The maximum Gasteiger partial charge on any atom is 0.152 e. The molecule has 96 valence electrons. The molecule has 1 aromatic rings. The quantitative estimate of drug-likeness (QED) is 0.929. The molecule has 0 amide bonds. The van der Waals surface area contributed by atoms with E-state index in [4.69, 9.17) is 28.9 Å². The Morgan fingerprint density at radius 1 is 1.35 bits per heavy atom. The molecule has 1 aromatic carbocycles. The summed E-state index contributed by atoms with van der Waals surface area (Å²) in [6.45, 7) is 1.79. The summed E-state index contributed by atoms with van der Waals surface area (Å²) in [7, 11) is -3.21. The van der Waals surface area contributed by atoms with E-state index in [1.165, 1.54) is 6.26 Å². The second kappa shape index (κ2) is 5.57. The van der Waals surface area contributed by atoms with Crippen LogP contribution < -0.4 is 5.73 Å². The topological polar surface area (TPSA) is 60.2 Å². The maximum absolute atomic E-state index is 11.6. The van der Waals surface area contributed by atoms with Gasteiger partial charge in [-0.2, -0.15) is 0 Å². The highest BCUT2D eigenvalue weighted by molar-refractivity contribution is 7.91. The number of hydrogen-bond acceptors (Lipinski definition) is 3. The van der Waals surface area contributed by atoms with E-state index < -0.39 is 21.1 Å². The van der Waals surface area contributed by atoms with Crippen molar-refractivity contribution in [1.29, 1.82) is 0 Å². The summed E-state index contributed by atoms with van der Waals surface area (Å²) >= 11 is 11.8. The summed E-state index contributed by atoms with van der Waals surface area (Å²) in [6.07, 6.45) is 1.63. The fourth-order valence-corrected chi connectivity index (χ4v) is 3.61. The fraction of sp³-hybridized carbons (Fsp3) is 0.455. The lowest BCUT2D eigenvalue weighted by molar-refractivity contribution is 0.553. The summed E-state index contributed by atoms with van der Waals surface area (Å²) in [6, 6.07) is 4.24. The van der Waals surface area contributed by atoms with Crippen molar-refractivity contribution in [2.24, 2.45) is 5.73 Å². The van der Waals surface area contributed by atoms with Crippen LogP contribution in [0.1, 0.15) is 24.9 Å². The van der Waals surface area contributed by atoms with Gasteiger partial charge in [-0.1, -0.05) is 36.2 Å². The van der Waals surface area contributed by atoms with Crippen molar-refractivity contribution in [3.05, 3.63) is 33.8 Å². The monoisotopic (exact) mass is 295 g/mol. The lowest BCUT2D eigenvalue weighted by Crippen LogP contribution is -2.32. The number of nitrogens with two attached hydrogens (primary N) is 1. The van der Waals surface area contributed by atoms with Gasteiger partial charge in [0.05, 0.1) is 5.25 Å². The van der Waals surface area contributed by atoms with Crippen LogP contribution in [0.15, 0.2) is 18.2 Å². The Labute approximate surface area is 112 Å². The van der Waals surface area contributed by atoms with Crippen LogP contribution in [0, 0.1) is 0 Å². The molecule has 0 bridgehead atoms. The molecule has 3 nitrogen and oxygen atoms in total. The molecule has 1 rings (SSSR count). The average molecular weight is 296 g/mol. The van der Waals surface area contributed by atoms with Gasteiger partial charge in [0.2, 0.25) is 0 Å². The zero-order valence-electron chi connectivity index (χ0n) is 9.65. The van der Waals surface area contributed by atoms with Gasteiger partial charge in [0.25, 0.3) is 0 Å². The first-order chi connectivity index (χ1) is 7.77.